The van der Waals surface area contributed by atoms with Crippen LogP contribution in [0.5, 0.6) is 0 Å². The molecule has 1 unspecified atom stereocenters. The van der Waals surface area contributed by atoms with Crippen LogP contribution in [0.25, 0.3) is 0 Å². The molecular formula is C22H29FN4O. The minimum atomic E-state index is -0.256. The molecule has 1 atom stereocenters. The van der Waals surface area contributed by atoms with Gasteiger partial charge in [-0.2, -0.15) is 0 Å². The summed E-state index contributed by atoms with van der Waals surface area (Å²) in [6.45, 7) is 9.13. The van der Waals surface area contributed by atoms with Gasteiger partial charge < -0.3 is 4.90 Å². The predicted octanol–water partition coefficient (Wildman–Crippen LogP) is 3.44. The van der Waals surface area contributed by atoms with E-state index in [0.29, 0.717) is 18.9 Å². The summed E-state index contributed by atoms with van der Waals surface area (Å²) in [5, 5.41) is 0. The number of rotatable bonds is 6. The second kappa shape index (κ2) is 9.24. The van der Waals surface area contributed by atoms with E-state index in [1.165, 1.54) is 12.1 Å². The molecule has 2 heterocycles. The van der Waals surface area contributed by atoms with Crippen LogP contribution in [0.4, 0.5) is 4.39 Å². The second-order valence-corrected chi connectivity index (χ2v) is 7.81. The summed E-state index contributed by atoms with van der Waals surface area (Å²) < 4.78 is 13.2. The van der Waals surface area contributed by atoms with E-state index < -0.39 is 0 Å². The molecule has 2 aromatic rings. The third kappa shape index (κ3) is 5.13. The molecule has 0 spiro atoms. The van der Waals surface area contributed by atoms with Crippen molar-refractivity contribution in [1.29, 1.82) is 0 Å². The molecule has 6 heteroatoms. The number of aromatic nitrogens is 2. The van der Waals surface area contributed by atoms with Gasteiger partial charge in [-0.15, -0.1) is 0 Å². The molecule has 0 saturated carbocycles. The zero-order valence-corrected chi connectivity index (χ0v) is 16.9. The zero-order valence-electron chi connectivity index (χ0n) is 16.9. The van der Waals surface area contributed by atoms with Gasteiger partial charge in [-0.3, -0.25) is 9.69 Å². The van der Waals surface area contributed by atoms with Crippen LogP contribution in [0.2, 0.25) is 0 Å². The lowest BCUT2D eigenvalue weighted by molar-refractivity contribution is -0.134. The van der Waals surface area contributed by atoms with Gasteiger partial charge in [0, 0.05) is 63.0 Å². The molecule has 150 valence electrons. The Balaban J connectivity index is 1.74. The molecule has 1 aromatic heterocycles. The number of amides is 1. The first-order valence-corrected chi connectivity index (χ1v) is 10.0. The maximum absolute atomic E-state index is 13.2. The van der Waals surface area contributed by atoms with Crippen molar-refractivity contribution in [2.24, 2.45) is 5.92 Å². The third-order valence-electron chi connectivity index (χ3n) is 5.32. The monoisotopic (exact) mass is 384 g/mol. The van der Waals surface area contributed by atoms with Crippen LogP contribution in [-0.2, 0) is 24.3 Å². The summed E-state index contributed by atoms with van der Waals surface area (Å²) in [7, 11) is 0. The van der Waals surface area contributed by atoms with Crippen LogP contribution in [0.1, 0.15) is 44.1 Å². The van der Waals surface area contributed by atoms with Crippen molar-refractivity contribution in [3.63, 3.8) is 0 Å². The smallest absolute Gasteiger partial charge is 0.224 e. The Hall–Kier alpha value is -2.34. The van der Waals surface area contributed by atoms with Gasteiger partial charge in [0.05, 0.1) is 0 Å². The van der Waals surface area contributed by atoms with Gasteiger partial charge in [-0.25, -0.2) is 14.4 Å². The average Bonchev–Trinajstić information content (AvgIpc) is 2.84. The molecule has 1 aromatic carbocycles. The molecule has 1 fully saturated rings. The molecule has 5 nitrogen and oxygen atoms in total. The maximum Gasteiger partial charge on any atom is 0.224 e. The van der Waals surface area contributed by atoms with E-state index in [4.69, 9.17) is 0 Å². The van der Waals surface area contributed by atoms with Gasteiger partial charge in [0.25, 0.3) is 0 Å². The fraction of sp³-hybridized carbons (Fsp3) is 0.500. The highest BCUT2D eigenvalue weighted by Crippen LogP contribution is 2.22. The molecular weight excluding hydrogens is 355 g/mol. The number of hydrogen-bond acceptors (Lipinski definition) is 4. The zero-order chi connectivity index (χ0) is 20.1. The lowest BCUT2D eigenvalue weighted by atomic mass is 10.0. The van der Waals surface area contributed by atoms with E-state index >= 15 is 0 Å². The van der Waals surface area contributed by atoms with Gasteiger partial charge >= 0.3 is 0 Å². The van der Waals surface area contributed by atoms with Crippen LogP contribution in [0.3, 0.4) is 0 Å². The van der Waals surface area contributed by atoms with Crippen LogP contribution in [0, 0.1) is 11.7 Å². The summed E-state index contributed by atoms with van der Waals surface area (Å²) in [6.07, 6.45) is 5.09. The molecule has 1 amide bonds. The summed E-state index contributed by atoms with van der Waals surface area (Å²) in [6, 6.07) is 6.53. The molecule has 1 aliphatic rings. The van der Waals surface area contributed by atoms with E-state index in [1.54, 1.807) is 12.1 Å². The molecule has 0 radical (unpaired) electrons. The first kappa shape index (κ1) is 20.4. The van der Waals surface area contributed by atoms with Crippen molar-refractivity contribution in [3.05, 3.63) is 59.4 Å². The Kier molecular flexibility index (Phi) is 6.73. The summed E-state index contributed by atoms with van der Waals surface area (Å²) in [4.78, 5) is 25.9. The standard InChI is InChI=1S/C22H29FN4O/c1-4-21-24-11-18(12-25-21)13-26-10-9-22(28)27(20(15-26)16(2)3)14-17-5-7-19(23)8-6-17/h5-8,11-12,16,20H,4,9-10,13-15H2,1-3H3. The van der Waals surface area contributed by atoms with Crippen molar-refractivity contribution in [1.82, 2.24) is 19.8 Å². The van der Waals surface area contributed by atoms with Crippen molar-refractivity contribution in [3.8, 4) is 0 Å². The highest BCUT2D eigenvalue weighted by molar-refractivity contribution is 5.77. The number of aryl methyl sites for hydroxylation is 1. The van der Waals surface area contributed by atoms with Crippen LogP contribution in [0.15, 0.2) is 36.7 Å². The first-order valence-electron chi connectivity index (χ1n) is 10.0. The number of carbonyl (C=O) groups is 1. The van der Waals surface area contributed by atoms with Crippen molar-refractivity contribution in [2.45, 2.75) is 52.7 Å². The third-order valence-corrected chi connectivity index (χ3v) is 5.32. The fourth-order valence-electron chi connectivity index (χ4n) is 3.65. The Labute approximate surface area is 166 Å². The summed E-state index contributed by atoms with van der Waals surface area (Å²) in [5.74, 6) is 1.07. The number of halogens is 1. The Bertz CT molecular complexity index is 776. The number of nitrogens with zero attached hydrogens (tertiary/aromatic N) is 4. The lowest BCUT2D eigenvalue weighted by Crippen LogP contribution is -2.45. The maximum atomic E-state index is 13.2. The van der Waals surface area contributed by atoms with Gasteiger partial charge in [0.15, 0.2) is 0 Å². The SMILES string of the molecule is CCc1ncc(CN2CCC(=O)N(Cc3ccc(F)cc3)C(C(C)C)C2)cn1. The van der Waals surface area contributed by atoms with Gasteiger partial charge in [0.1, 0.15) is 11.6 Å². The van der Waals surface area contributed by atoms with Gasteiger partial charge in [-0.05, 0) is 23.6 Å². The van der Waals surface area contributed by atoms with Gasteiger partial charge in [0.2, 0.25) is 5.91 Å². The van der Waals surface area contributed by atoms with Crippen LogP contribution >= 0.6 is 0 Å². The topological polar surface area (TPSA) is 49.3 Å². The molecule has 0 bridgehead atoms. The number of carbonyl (C=O) groups excluding carboxylic acids is 1. The van der Waals surface area contributed by atoms with E-state index in [0.717, 1.165) is 43.0 Å². The number of hydrogen-bond donors (Lipinski definition) is 0. The molecule has 0 aliphatic carbocycles. The fourth-order valence-corrected chi connectivity index (χ4v) is 3.65. The minimum absolute atomic E-state index is 0.107. The lowest BCUT2D eigenvalue weighted by Gasteiger charge is -2.35. The molecule has 1 aliphatic heterocycles. The highest BCUT2D eigenvalue weighted by Gasteiger charge is 2.31. The second-order valence-electron chi connectivity index (χ2n) is 7.81. The van der Waals surface area contributed by atoms with E-state index in [-0.39, 0.29) is 17.8 Å². The molecule has 28 heavy (non-hydrogen) atoms. The Morgan fingerprint density at radius 3 is 2.39 bits per heavy atom. The Morgan fingerprint density at radius 1 is 1.11 bits per heavy atom. The predicted molar refractivity (Wildman–Crippen MR) is 107 cm³/mol. The highest BCUT2D eigenvalue weighted by atomic mass is 19.1. The first-order chi connectivity index (χ1) is 13.5. The van der Waals surface area contributed by atoms with Crippen molar-refractivity contribution in [2.75, 3.05) is 13.1 Å². The van der Waals surface area contributed by atoms with Crippen molar-refractivity contribution < 1.29 is 9.18 Å². The molecule has 1 saturated heterocycles. The summed E-state index contributed by atoms with van der Waals surface area (Å²) in [5.41, 5.74) is 2.02. The largest absolute Gasteiger partial charge is 0.334 e. The Morgan fingerprint density at radius 2 is 1.79 bits per heavy atom. The average molecular weight is 384 g/mol. The number of benzene rings is 1. The van der Waals surface area contributed by atoms with Crippen LogP contribution in [-0.4, -0.2) is 44.8 Å². The molecule has 0 N–H and O–H groups in total. The van der Waals surface area contributed by atoms with Gasteiger partial charge in [-0.1, -0.05) is 32.9 Å². The van der Waals surface area contributed by atoms with Crippen LogP contribution < -0.4 is 0 Å². The molecule has 3 rings (SSSR count). The van der Waals surface area contributed by atoms with E-state index in [1.807, 2.05) is 24.2 Å². The van der Waals surface area contributed by atoms with E-state index in [9.17, 15) is 9.18 Å². The quantitative estimate of drug-likeness (QED) is 0.766. The van der Waals surface area contributed by atoms with Crippen molar-refractivity contribution >= 4 is 5.91 Å². The minimum Gasteiger partial charge on any atom is -0.334 e. The summed E-state index contributed by atoms with van der Waals surface area (Å²) >= 11 is 0. The normalized spacial score (nSPS) is 18.5. The van der Waals surface area contributed by atoms with E-state index in [2.05, 4.69) is 28.7 Å².